The number of aryl methyl sites for hydroxylation is 1. The van der Waals surface area contributed by atoms with Gasteiger partial charge in [0.1, 0.15) is 5.82 Å². The summed E-state index contributed by atoms with van der Waals surface area (Å²) in [6.45, 7) is 7.79. The molecule has 0 saturated heterocycles. The standard InChI is InChI=1S/C12H23N3/c1-5-6-13-11(3)9-10(2)12-14-7-8-15(12)4/h7-8,10-11,13H,5-6,9H2,1-4H3. The number of nitrogens with zero attached hydrogens (tertiary/aromatic N) is 2. The van der Waals surface area contributed by atoms with E-state index in [2.05, 4.69) is 42.7 Å². The molecule has 15 heavy (non-hydrogen) atoms. The molecule has 0 fully saturated rings. The SMILES string of the molecule is CCCNC(C)CC(C)c1nccn1C. The predicted octanol–water partition coefficient (Wildman–Crippen LogP) is 2.30. The van der Waals surface area contributed by atoms with E-state index >= 15 is 0 Å². The third-order valence-electron chi connectivity index (χ3n) is 2.75. The van der Waals surface area contributed by atoms with Crippen LogP contribution in [-0.4, -0.2) is 22.1 Å². The molecule has 0 aliphatic heterocycles. The second-order valence-electron chi connectivity index (χ2n) is 4.39. The highest BCUT2D eigenvalue weighted by Gasteiger charge is 2.13. The summed E-state index contributed by atoms with van der Waals surface area (Å²) >= 11 is 0. The Balaban J connectivity index is 2.42. The minimum Gasteiger partial charge on any atom is -0.338 e. The molecule has 2 unspecified atom stereocenters. The number of hydrogen-bond donors (Lipinski definition) is 1. The number of imidazole rings is 1. The monoisotopic (exact) mass is 209 g/mol. The van der Waals surface area contributed by atoms with Crippen LogP contribution in [0.25, 0.3) is 0 Å². The predicted molar refractivity (Wildman–Crippen MR) is 64.0 cm³/mol. The summed E-state index contributed by atoms with van der Waals surface area (Å²) in [5.74, 6) is 1.70. The van der Waals surface area contributed by atoms with Crippen LogP contribution in [-0.2, 0) is 7.05 Å². The summed E-state index contributed by atoms with van der Waals surface area (Å²) < 4.78 is 2.11. The third kappa shape index (κ3) is 3.67. The van der Waals surface area contributed by atoms with Gasteiger partial charge in [0.15, 0.2) is 0 Å². The van der Waals surface area contributed by atoms with E-state index in [0.29, 0.717) is 12.0 Å². The Kier molecular flexibility index (Phi) is 4.82. The maximum Gasteiger partial charge on any atom is 0.111 e. The fourth-order valence-electron chi connectivity index (χ4n) is 1.96. The molecule has 1 aromatic heterocycles. The molecule has 0 spiro atoms. The highest BCUT2D eigenvalue weighted by Crippen LogP contribution is 2.17. The summed E-state index contributed by atoms with van der Waals surface area (Å²) in [6, 6.07) is 0.566. The van der Waals surface area contributed by atoms with Crippen molar-refractivity contribution in [1.29, 1.82) is 0 Å². The first-order valence-corrected chi connectivity index (χ1v) is 5.85. The molecule has 0 radical (unpaired) electrons. The van der Waals surface area contributed by atoms with Gasteiger partial charge in [0.2, 0.25) is 0 Å². The van der Waals surface area contributed by atoms with Crippen LogP contribution in [0.3, 0.4) is 0 Å². The average Bonchev–Trinajstić information content (AvgIpc) is 2.61. The lowest BCUT2D eigenvalue weighted by atomic mass is 10.0. The van der Waals surface area contributed by atoms with E-state index in [1.165, 1.54) is 12.2 Å². The first-order chi connectivity index (χ1) is 7.15. The van der Waals surface area contributed by atoms with Crippen molar-refractivity contribution in [2.75, 3.05) is 6.54 Å². The van der Waals surface area contributed by atoms with Gasteiger partial charge in [0, 0.05) is 31.4 Å². The normalized spacial score (nSPS) is 15.2. The summed E-state index contributed by atoms with van der Waals surface area (Å²) in [7, 11) is 2.06. The zero-order valence-corrected chi connectivity index (χ0v) is 10.3. The van der Waals surface area contributed by atoms with Crippen molar-refractivity contribution in [3.8, 4) is 0 Å². The third-order valence-corrected chi connectivity index (χ3v) is 2.75. The zero-order valence-electron chi connectivity index (χ0n) is 10.3. The molecule has 2 atom stereocenters. The molecular weight excluding hydrogens is 186 g/mol. The molecule has 0 bridgehead atoms. The van der Waals surface area contributed by atoms with Gasteiger partial charge in [-0.15, -0.1) is 0 Å². The summed E-state index contributed by atoms with van der Waals surface area (Å²) in [5, 5.41) is 3.51. The fourth-order valence-corrected chi connectivity index (χ4v) is 1.96. The second-order valence-corrected chi connectivity index (χ2v) is 4.39. The van der Waals surface area contributed by atoms with Crippen LogP contribution in [0, 0.1) is 0 Å². The van der Waals surface area contributed by atoms with Gasteiger partial charge in [0.25, 0.3) is 0 Å². The first kappa shape index (κ1) is 12.2. The van der Waals surface area contributed by atoms with Gasteiger partial charge in [-0.2, -0.15) is 0 Å². The Morgan fingerprint density at radius 1 is 1.47 bits per heavy atom. The smallest absolute Gasteiger partial charge is 0.111 e. The topological polar surface area (TPSA) is 29.9 Å². The van der Waals surface area contributed by atoms with E-state index in [4.69, 9.17) is 0 Å². The van der Waals surface area contributed by atoms with E-state index in [1.807, 2.05) is 12.4 Å². The molecule has 0 aliphatic carbocycles. The van der Waals surface area contributed by atoms with Crippen LogP contribution in [0.2, 0.25) is 0 Å². The largest absolute Gasteiger partial charge is 0.338 e. The molecule has 0 amide bonds. The molecule has 1 aromatic rings. The Morgan fingerprint density at radius 3 is 2.73 bits per heavy atom. The molecule has 3 nitrogen and oxygen atoms in total. The summed E-state index contributed by atoms with van der Waals surface area (Å²) in [5.41, 5.74) is 0. The molecule has 3 heteroatoms. The molecule has 0 aliphatic rings. The molecule has 86 valence electrons. The van der Waals surface area contributed by atoms with E-state index in [9.17, 15) is 0 Å². The van der Waals surface area contributed by atoms with Gasteiger partial charge in [-0.1, -0.05) is 13.8 Å². The highest BCUT2D eigenvalue weighted by atomic mass is 15.0. The fraction of sp³-hybridized carbons (Fsp3) is 0.750. The van der Waals surface area contributed by atoms with Gasteiger partial charge in [-0.25, -0.2) is 4.98 Å². The number of hydrogen-bond acceptors (Lipinski definition) is 2. The maximum absolute atomic E-state index is 4.38. The maximum atomic E-state index is 4.38. The molecule has 1 N–H and O–H groups in total. The quantitative estimate of drug-likeness (QED) is 0.779. The van der Waals surface area contributed by atoms with Crippen LogP contribution in [0.4, 0.5) is 0 Å². The Hall–Kier alpha value is -0.830. The molecule has 1 rings (SSSR count). The van der Waals surface area contributed by atoms with Crippen molar-refractivity contribution in [1.82, 2.24) is 14.9 Å². The van der Waals surface area contributed by atoms with Crippen LogP contribution >= 0.6 is 0 Å². The Labute approximate surface area is 92.9 Å². The second kappa shape index (κ2) is 5.91. The first-order valence-electron chi connectivity index (χ1n) is 5.85. The summed E-state index contributed by atoms with van der Waals surface area (Å²) in [6.07, 6.45) is 6.22. The Morgan fingerprint density at radius 2 is 2.20 bits per heavy atom. The van der Waals surface area contributed by atoms with E-state index < -0.39 is 0 Å². The van der Waals surface area contributed by atoms with Crippen LogP contribution in [0.5, 0.6) is 0 Å². The highest BCUT2D eigenvalue weighted by molar-refractivity contribution is 4.98. The molecular formula is C12H23N3. The van der Waals surface area contributed by atoms with Gasteiger partial charge < -0.3 is 9.88 Å². The zero-order chi connectivity index (χ0) is 11.3. The van der Waals surface area contributed by atoms with Gasteiger partial charge >= 0.3 is 0 Å². The van der Waals surface area contributed by atoms with Crippen molar-refractivity contribution in [2.24, 2.45) is 7.05 Å². The van der Waals surface area contributed by atoms with Gasteiger partial charge in [-0.3, -0.25) is 0 Å². The molecule has 0 aromatic carbocycles. The lowest BCUT2D eigenvalue weighted by Crippen LogP contribution is -2.28. The van der Waals surface area contributed by atoms with Crippen LogP contribution < -0.4 is 5.32 Å². The number of nitrogens with one attached hydrogen (secondary N) is 1. The van der Waals surface area contributed by atoms with Crippen LogP contribution in [0.15, 0.2) is 12.4 Å². The van der Waals surface area contributed by atoms with Crippen molar-refractivity contribution < 1.29 is 0 Å². The van der Waals surface area contributed by atoms with E-state index in [1.54, 1.807) is 0 Å². The number of rotatable bonds is 6. The average molecular weight is 209 g/mol. The lowest BCUT2D eigenvalue weighted by Gasteiger charge is -2.18. The summed E-state index contributed by atoms with van der Waals surface area (Å²) in [4.78, 5) is 4.38. The lowest BCUT2D eigenvalue weighted by molar-refractivity contribution is 0.464. The van der Waals surface area contributed by atoms with Gasteiger partial charge in [0.05, 0.1) is 0 Å². The van der Waals surface area contributed by atoms with Crippen molar-refractivity contribution in [3.63, 3.8) is 0 Å². The van der Waals surface area contributed by atoms with Crippen molar-refractivity contribution >= 4 is 0 Å². The van der Waals surface area contributed by atoms with Crippen molar-refractivity contribution in [2.45, 2.75) is 45.6 Å². The van der Waals surface area contributed by atoms with E-state index in [0.717, 1.165) is 13.0 Å². The Bertz CT molecular complexity index is 280. The van der Waals surface area contributed by atoms with E-state index in [-0.39, 0.29) is 0 Å². The molecule has 1 heterocycles. The van der Waals surface area contributed by atoms with Crippen molar-refractivity contribution in [3.05, 3.63) is 18.2 Å². The minimum absolute atomic E-state index is 0.518. The van der Waals surface area contributed by atoms with Gasteiger partial charge in [-0.05, 0) is 26.3 Å². The number of aromatic nitrogens is 2. The van der Waals surface area contributed by atoms with Crippen LogP contribution in [0.1, 0.15) is 45.4 Å². The molecule has 0 saturated carbocycles. The minimum atomic E-state index is 0.518.